The lowest BCUT2D eigenvalue weighted by Gasteiger charge is -2.05. The number of nitrogens with one attached hydrogen (secondary N) is 1. The van der Waals surface area contributed by atoms with E-state index in [0.29, 0.717) is 0 Å². The number of hydrogen-bond donors (Lipinski definition) is 1. The summed E-state index contributed by atoms with van der Waals surface area (Å²) < 4.78 is 24.6. The fourth-order valence-corrected chi connectivity index (χ4v) is 1.46. The Balaban J connectivity index is 3.33. The van der Waals surface area contributed by atoms with E-state index < -0.39 is 17.7 Å². The van der Waals surface area contributed by atoms with Crippen LogP contribution >= 0.6 is 11.6 Å². The molecule has 0 aromatic carbocycles. The van der Waals surface area contributed by atoms with Gasteiger partial charge >= 0.3 is 0 Å². The highest BCUT2D eigenvalue weighted by atomic mass is 35.5. The van der Waals surface area contributed by atoms with Gasteiger partial charge in [0.2, 0.25) is 0 Å². The maximum absolute atomic E-state index is 12.3. The number of aromatic amines is 1. The minimum atomic E-state index is -2.76. The Morgan fingerprint density at radius 3 is 2.73 bits per heavy atom. The van der Waals surface area contributed by atoms with Crippen LogP contribution in [0.5, 0.6) is 0 Å². The monoisotopic (exact) mass is 232 g/mol. The van der Waals surface area contributed by atoms with Gasteiger partial charge in [0, 0.05) is 5.56 Å². The Morgan fingerprint density at radius 2 is 2.27 bits per heavy atom. The molecule has 1 aromatic heterocycles. The van der Waals surface area contributed by atoms with Crippen molar-refractivity contribution < 1.29 is 8.78 Å². The predicted octanol–water partition coefficient (Wildman–Crippen LogP) is 2.12. The number of aromatic nitrogens is 1. The van der Waals surface area contributed by atoms with Crippen LogP contribution in [0.3, 0.4) is 0 Å². The molecule has 0 fully saturated rings. The topological polar surface area (TPSA) is 56.6 Å². The maximum atomic E-state index is 12.3. The molecule has 1 heterocycles. The van der Waals surface area contributed by atoms with E-state index in [1.54, 1.807) is 6.07 Å². The second-order valence-electron chi connectivity index (χ2n) is 2.83. The van der Waals surface area contributed by atoms with E-state index in [4.69, 9.17) is 16.9 Å². The molecule has 80 valence electrons. The third-order valence-electron chi connectivity index (χ3n) is 1.89. The first-order valence-electron chi connectivity index (χ1n) is 4.06. The zero-order chi connectivity index (χ0) is 11.4. The number of rotatable bonds is 3. The van der Waals surface area contributed by atoms with Crippen molar-refractivity contribution >= 4 is 11.6 Å². The fourth-order valence-electron chi connectivity index (χ4n) is 1.17. The second kappa shape index (κ2) is 4.89. The molecular weight excluding hydrogens is 226 g/mol. The van der Waals surface area contributed by atoms with E-state index in [9.17, 15) is 13.6 Å². The molecule has 0 bridgehead atoms. The van der Waals surface area contributed by atoms with Crippen molar-refractivity contribution in [1.82, 2.24) is 4.98 Å². The van der Waals surface area contributed by atoms with Crippen LogP contribution in [-0.4, -0.2) is 4.98 Å². The van der Waals surface area contributed by atoms with Crippen molar-refractivity contribution in [2.75, 3.05) is 0 Å². The van der Waals surface area contributed by atoms with E-state index in [1.807, 2.05) is 4.98 Å². The van der Waals surface area contributed by atoms with Crippen molar-refractivity contribution in [2.45, 2.75) is 18.7 Å². The first-order valence-corrected chi connectivity index (χ1v) is 4.59. The molecule has 0 saturated carbocycles. The highest BCUT2D eigenvalue weighted by Gasteiger charge is 2.13. The van der Waals surface area contributed by atoms with Crippen LogP contribution in [0.2, 0.25) is 0 Å². The molecule has 1 aromatic rings. The van der Waals surface area contributed by atoms with Gasteiger partial charge in [-0.05, 0) is 11.6 Å². The lowest BCUT2D eigenvalue weighted by atomic mass is 10.1. The normalized spacial score (nSPS) is 10.3. The fraction of sp³-hybridized carbons (Fsp3) is 0.333. The van der Waals surface area contributed by atoms with Crippen LogP contribution in [0.1, 0.15) is 23.2 Å². The number of pyridine rings is 1. The Bertz CT molecular complexity index is 450. The van der Waals surface area contributed by atoms with Crippen LogP contribution in [0, 0.1) is 11.3 Å². The SMILES string of the molecule is N#CCc1cc(C(F)F)[nH]c(=O)c1CCl. The average Bonchev–Trinajstić information content (AvgIpc) is 2.17. The highest BCUT2D eigenvalue weighted by Crippen LogP contribution is 2.18. The van der Waals surface area contributed by atoms with Crippen molar-refractivity contribution in [1.29, 1.82) is 5.26 Å². The molecule has 15 heavy (non-hydrogen) atoms. The van der Waals surface area contributed by atoms with Gasteiger partial charge in [-0.3, -0.25) is 4.79 Å². The lowest BCUT2D eigenvalue weighted by molar-refractivity contribution is 0.145. The number of nitrogens with zero attached hydrogens (tertiary/aromatic N) is 1. The minimum absolute atomic E-state index is 0.101. The molecule has 0 unspecified atom stereocenters. The van der Waals surface area contributed by atoms with Gasteiger partial charge in [-0.25, -0.2) is 8.78 Å². The quantitative estimate of drug-likeness (QED) is 0.812. The third-order valence-corrected chi connectivity index (χ3v) is 2.15. The smallest absolute Gasteiger partial charge is 0.278 e. The first-order chi connectivity index (χ1) is 7.10. The van der Waals surface area contributed by atoms with E-state index in [0.717, 1.165) is 6.07 Å². The molecule has 1 rings (SSSR count). The van der Waals surface area contributed by atoms with Gasteiger partial charge in [0.1, 0.15) is 0 Å². The molecule has 0 amide bonds. The van der Waals surface area contributed by atoms with Gasteiger partial charge in [-0.1, -0.05) is 0 Å². The second-order valence-corrected chi connectivity index (χ2v) is 3.09. The molecule has 0 aliphatic carbocycles. The molecule has 6 heteroatoms. The number of halogens is 3. The van der Waals surface area contributed by atoms with Gasteiger partial charge in [-0.15, -0.1) is 11.6 Å². The van der Waals surface area contributed by atoms with Crippen molar-refractivity contribution in [2.24, 2.45) is 0 Å². The van der Waals surface area contributed by atoms with Crippen molar-refractivity contribution in [3.63, 3.8) is 0 Å². The zero-order valence-electron chi connectivity index (χ0n) is 7.56. The Hall–Kier alpha value is -1.41. The zero-order valence-corrected chi connectivity index (χ0v) is 8.31. The molecule has 1 N–H and O–H groups in total. The summed E-state index contributed by atoms with van der Waals surface area (Å²) in [5.74, 6) is -0.101. The van der Waals surface area contributed by atoms with E-state index in [1.165, 1.54) is 0 Å². The summed E-state index contributed by atoms with van der Waals surface area (Å²) in [6, 6.07) is 2.90. The molecular formula is C9H7ClF2N2O. The standard InChI is InChI=1S/C9H7ClF2N2O/c10-4-6-5(1-2-13)3-7(8(11)12)14-9(6)15/h3,8H,1,4H2,(H,14,15). The van der Waals surface area contributed by atoms with E-state index >= 15 is 0 Å². The average molecular weight is 233 g/mol. The molecule has 3 nitrogen and oxygen atoms in total. The van der Waals surface area contributed by atoms with Crippen LogP contribution in [0.25, 0.3) is 0 Å². The number of nitriles is 1. The maximum Gasteiger partial charge on any atom is 0.278 e. The summed E-state index contributed by atoms with van der Waals surface area (Å²) in [6.07, 6.45) is -2.87. The van der Waals surface area contributed by atoms with Gasteiger partial charge in [0.15, 0.2) is 0 Å². The summed E-state index contributed by atoms with van der Waals surface area (Å²) in [5, 5.41) is 8.47. The Kier molecular flexibility index (Phi) is 3.81. The lowest BCUT2D eigenvalue weighted by Crippen LogP contribution is -2.17. The molecule has 0 atom stereocenters. The van der Waals surface area contributed by atoms with Gasteiger partial charge in [0.05, 0.1) is 24.1 Å². The molecule has 0 saturated heterocycles. The predicted molar refractivity (Wildman–Crippen MR) is 50.9 cm³/mol. The van der Waals surface area contributed by atoms with Crippen LogP contribution < -0.4 is 5.56 Å². The van der Waals surface area contributed by atoms with Crippen molar-refractivity contribution in [3.05, 3.63) is 33.2 Å². The number of H-pyrrole nitrogens is 1. The molecule has 0 radical (unpaired) electrons. The highest BCUT2D eigenvalue weighted by molar-refractivity contribution is 6.17. The Morgan fingerprint density at radius 1 is 1.60 bits per heavy atom. The number of alkyl halides is 3. The van der Waals surface area contributed by atoms with Crippen LogP contribution in [0.15, 0.2) is 10.9 Å². The van der Waals surface area contributed by atoms with Gasteiger partial charge < -0.3 is 4.98 Å². The number of hydrogen-bond acceptors (Lipinski definition) is 2. The summed E-state index contributed by atoms with van der Waals surface area (Å²) in [7, 11) is 0. The summed E-state index contributed by atoms with van der Waals surface area (Å²) >= 11 is 5.49. The Labute approximate surface area is 89.3 Å². The summed E-state index contributed by atoms with van der Waals surface area (Å²) in [4.78, 5) is 13.3. The van der Waals surface area contributed by atoms with Crippen LogP contribution in [0.4, 0.5) is 8.78 Å². The van der Waals surface area contributed by atoms with Crippen molar-refractivity contribution in [3.8, 4) is 6.07 Å². The van der Waals surface area contributed by atoms with E-state index in [2.05, 4.69) is 0 Å². The summed E-state index contributed by atoms with van der Waals surface area (Å²) in [5.41, 5.74) is -0.721. The first kappa shape index (κ1) is 11.7. The van der Waals surface area contributed by atoms with Crippen LogP contribution in [-0.2, 0) is 12.3 Å². The molecule has 0 aliphatic rings. The minimum Gasteiger partial charge on any atom is -0.321 e. The summed E-state index contributed by atoms with van der Waals surface area (Å²) in [6.45, 7) is 0. The third kappa shape index (κ3) is 2.54. The molecule has 0 spiro atoms. The largest absolute Gasteiger partial charge is 0.321 e. The van der Waals surface area contributed by atoms with Gasteiger partial charge in [-0.2, -0.15) is 5.26 Å². The molecule has 0 aliphatic heterocycles. The van der Waals surface area contributed by atoms with E-state index in [-0.39, 0.29) is 23.4 Å². The van der Waals surface area contributed by atoms with Gasteiger partial charge in [0.25, 0.3) is 12.0 Å².